The number of hydrogen-bond acceptors (Lipinski definition) is 5. The van der Waals surface area contributed by atoms with Gasteiger partial charge in [-0.25, -0.2) is 0 Å². The molecule has 0 aliphatic carbocycles. The highest BCUT2D eigenvalue weighted by molar-refractivity contribution is 7.17. The van der Waals surface area contributed by atoms with Crippen molar-refractivity contribution in [3.63, 3.8) is 0 Å². The number of amides is 1. The third kappa shape index (κ3) is 2.93. The molecule has 94 valence electrons. The molecule has 17 heavy (non-hydrogen) atoms. The highest BCUT2D eigenvalue weighted by Gasteiger charge is 2.26. The van der Waals surface area contributed by atoms with Gasteiger partial charge in [0.1, 0.15) is 0 Å². The van der Waals surface area contributed by atoms with Crippen LogP contribution in [-0.4, -0.2) is 34.9 Å². The van der Waals surface area contributed by atoms with Crippen LogP contribution in [0.1, 0.15) is 16.1 Å². The zero-order valence-electron chi connectivity index (χ0n) is 8.87. The summed E-state index contributed by atoms with van der Waals surface area (Å²) in [5.74, 6) is -0.161. The number of carbonyl (C=O) groups is 1. The summed E-state index contributed by atoms with van der Waals surface area (Å²) in [5, 5.41) is 10.5. The molecule has 0 radical (unpaired) electrons. The molecule has 0 aromatic carbocycles. The molecular weight excluding hydrogens is 266 g/mol. The van der Waals surface area contributed by atoms with Crippen molar-refractivity contribution in [2.75, 3.05) is 13.1 Å². The lowest BCUT2D eigenvalue weighted by molar-refractivity contribution is -0.380. The monoisotopic (exact) mass is 277 g/mol. The van der Waals surface area contributed by atoms with Gasteiger partial charge in [0.05, 0.1) is 9.80 Å². The topological polar surface area (TPSA) is 89.5 Å². The van der Waals surface area contributed by atoms with Crippen molar-refractivity contribution < 1.29 is 9.72 Å². The average Bonchev–Trinajstić information content (AvgIpc) is 2.84. The highest BCUT2D eigenvalue weighted by atomic mass is 35.5. The molecule has 2 rings (SSSR count). The number of nitrogens with zero attached hydrogens (tertiary/aromatic N) is 2. The Hall–Kier alpha value is -1.18. The van der Waals surface area contributed by atoms with Crippen LogP contribution in [0.15, 0.2) is 12.1 Å². The second-order valence-corrected chi connectivity index (χ2v) is 4.76. The van der Waals surface area contributed by atoms with Gasteiger partial charge in [-0.3, -0.25) is 14.9 Å². The Kier molecular flexibility index (Phi) is 4.44. The molecule has 0 bridgehead atoms. The van der Waals surface area contributed by atoms with Gasteiger partial charge in [-0.15, -0.1) is 12.4 Å². The van der Waals surface area contributed by atoms with E-state index in [-0.39, 0.29) is 29.4 Å². The second kappa shape index (κ2) is 5.44. The third-order valence-electron chi connectivity index (χ3n) is 2.49. The highest BCUT2D eigenvalue weighted by Crippen LogP contribution is 2.25. The first kappa shape index (κ1) is 13.9. The minimum atomic E-state index is -0.489. The van der Waals surface area contributed by atoms with E-state index in [1.807, 2.05) is 0 Å². The van der Waals surface area contributed by atoms with E-state index in [9.17, 15) is 14.9 Å². The van der Waals surface area contributed by atoms with Crippen LogP contribution >= 0.6 is 23.7 Å². The second-order valence-electron chi connectivity index (χ2n) is 3.69. The molecule has 8 heteroatoms. The summed E-state index contributed by atoms with van der Waals surface area (Å²) in [7, 11) is 0. The molecule has 6 nitrogen and oxygen atoms in total. The molecule has 1 aliphatic rings. The average molecular weight is 278 g/mol. The molecule has 1 aliphatic heterocycles. The van der Waals surface area contributed by atoms with Crippen LogP contribution in [0.3, 0.4) is 0 Å². The summed E-state index contributed by atoms with van der Waals surface area (Å²) in [6, 6.07) is 2.88. The number of halogens is 1. The summed E-state index contributed by atoms with van der Waals surface area (Å²) < 4.78 is 0. The van der Waals surface area contributed by atoms with Gasteiger partial charge in [0.15, 0.2) is 0 Å². The van der Waals surface area contributed by atoms with E-state index in [0.717, 1.165) is 17.8 Å². The van der Waals surface area contributed by atoms with Gasteiger partial charge in [0, 0.05) is 25.2 Å². The van der Waals surface area contributed by atoms with Crippen LogP contribution in [0.25, 0.3) is 0 Å². The third-order valence-corrected chi connectivity index (χ3v) is 3.52. The predicted octanol–water partition coefficient (Wildman–Crippen LogP) is 1.25. The van der Waals surface area contributed by atoms with Gasteiger partial charge in [0.25, 0.3) is 5.91 Å². The molecule has 2 heterocycles. The molecule has 1 fully saturated rings. The van der Waals surface area contributed by atoms with Gasteiger partial charge in [-0.05, 0) is 12.5 Å². The van der Waals surface area contributed by atoms with Crippen LogP contribution in [0.2, 0.25) is 0 Å². The zero-order chi connectivity index (χ0) is 11.7. The molecule has 1 aromatic rings. The number of thiophene rings is 1. The van der Waals surface area contributed by atoms with Crippen LogP contribution < -0.4 is 5.73 Å². The summed E-state index contributed by atoms with van der Waals surface area (Å²) in [4.78, 5) is 23.9. The quantitative estimate of drug-likeness (QED) is 0.651. The van der Waals surface area contributed by atoms with Gasteiger partial charge in [-0.2, -0.15) is 0 Å². The van der Waals surface area contributed by atoms with Crippen LogP contribution in [0.4, 0.5) is 5.00 Å². The SMILES string of the molecule is Cl.N[C@@H]1CCN(C(=O)c2ccc([N+](=O)[O-])s2)C1. The zero-order valence-corrected chi connectivity index (χ0v) is 10.5. The van der Waals surface area contributed by atoms with Gasteiger partial charge in [-0.1, -0.05) is 11.3 Å². The summed E-state index contributed by atoms with van der Waals surface area (Å²) in [5.41, 5.74) is 5.70. The first-order chi connectivity index (χ1) is 7.58. The fourth-order valence-corrected chi connectivity index (χ4v) is 2.46. The molecular formula is C9H12ClN3O3S. The van der Waals surface area contributed by atoms with Gasteiger partial charge < -0.3 is 10.6 Å². The van der Waals surface area contributed by atoms with E-state index in [0.29, 0.717) is 18.0 Å². The fraction of sp³-hybridized carbons (Fsp3) is 0.444. The number of hydrogen-bond donors (Lipinski definition) is 1. The van der Waals surface area contributed by atoms with Crippen molar-refractivity contribution in [3.8, 4) is 0 Å². The van der Waals surface area contributed by atoms with E-state index in [1.54, 1.807) is 4.90 Å². The molecule has 0 saturated carbocycles. The predicted molar refractivity (Wildman–Crippen MR) is 66.7 cm³/mol. The van der Waals surface area contributed by atoms with Crippen LogP contribution in [0, 0.1) is 10.1 Å². The minimum absolute atomic E-state index is 0. The lowest BCUT2D eigenvalue weighted by atomic mass is 10.3. The number of nitro groups is 1. The Labute approximate surface area is 108 Å². The molecule has 2 N–H and O–H groups in total. The van der Waals surface area contributed by atoms with Crippen molar-refractivity contribution in [1.82, 2.24) is 4.90 Å². The molecule has 0 unspecified atom stereocenters. The van der Waals surface area contributed by atoms with Crippen molar-refractivity contribution >= 4 is 34.7 Å². The van der Waals surface area contributed by atoms with Crippen molar-refractivity contribution in [2.24, 2.45) is 5.73 Å². The number of carbonyl (C=O) groups excluding carboxylic acids is 1. The standard InChI is InChI=1S/C9H11N3O3S.ClH/c10-6-3-4-11(5-6)9(13)7-1-2-8(16-7)12(14)15;/h1-2,6H,3-5,10H2;1H/t6-;/m1./s1. The summed E-state index contributed by atoms with van der Waals surface area (Å²) >= 11 is 0.906. The van der Waals surface area contributed by atoms with Crippen LogP contribution in [-0.2, 0) is 0 Å². The van der Waals surface area contributed by atoms with Crippen molar-refractivity contribution in [2.45, 2.75) is 12.5 Å². The Morgan fingerprint density at radius 1 is 1.59 bits per heavy atom. The van der Waals surface area contributed by atoms with E-state index in [1.165, 1.54) is 12.1 Å². The fourth-order valence-electron chi connectivity index (χ4n) is 1.67. The molecule has 1 amide bonds. The largest absolute Gasteiger partial charge is 0.336 e. The van der Waals surface area contributed by atoms with Gasteiger partial charge in [0.2, 0.25) is 0 Å². The van der Waals surface area contributed by atoms with Crippen LogP contribution in [0.5, 0.6) is 0 Å². The first-order valence-corrected chi connectivity index (χ1v) is 5.68. The van der Waals surface area contributed by atoms with Crippen molar-refractivity contribution in [1.29, 1.82) is 0 Å². The van der Waals surface area contributed by atoms with E-state index >= 15 is 0 Å². The first-order valence-electron chi connectivity index (χ1n) is 4.87. The summed E-state index contributed by atoms with van der Waals surface area (Å²) in [6.07, 6.45) is 0.791. The maximum atomic E-state index is 11.9. The normalized spacial score (nSPS) is 18.9. The Bertz CT molecular complexity index is 437. The van der Waals surface area contributed by atoms with E-state index in [4.69, 9.17) is 5.73 Å². The molecule has 1 aromatic heterocycles. The Balaban J connectivity index is 0.00000144. The lowest BCUT2D eigenvalue weighted by Crippen LogP contribution is -2.31. The maximum absolute atomic E-state index is 11.9. The lowest BCUT2D eigenvalue weighted by Gasteiger charge is -2.13. The number of likely N-dealkylation sites (tertiary alicyclic amines) is 1. The smallest absolute Gasteiger partial charge is 0.324 e. The molecule has 1 saturated heterocycles. The number of rotatable bonds is 2. The van der Waals surface area contributed by atoms with Gasteiger partial charge >= 0.3 is 5.00 Å². The molecule has 1 atom stereocenters. The Morgan fingerprint density at radius 3 is 2.76 bits per heavy atom. The van der Waals surface area contributed by atoms with E-state index < -0.39 is 4.92 Å². The maximum Gasteiger partial charge on any atom is 0.324 e. The minimum Gasteiger partial charge on any atom is -0.336 e. The Morgan fingerprint density at radius 2 is 2.29 bits per heavy atom. The molecule has 0 spiro atoms. The summed E-state index contributed by atoms with van der Waals surface area (Å²) in [6.45, 7) is 1.16. The number of nitrogens with two attached hydrogens (primary N) is 1. The van der Waals surface area contributed by atoms with Crippen molar-refractivity contribution in [3.05, 3.63) is 27.1 Å². The van der Waals surface area contributed by atoms with E-state index in [2.05, 4.69) is 0 Å².